The molecular weight excluding hydrogens is 223 g/mol. The Bertz CT molecular complexity index is 600. The second kappa shape index (κ2) is 4.53. The molecule has 1 aromatic carbocycles. The minimum atomic E-state index is -0.466. The largest absolute Gasteiger partial charge is 0.292 e. The van der Waals surface area contributed by atoms with Gasteiger partial charge in [-0.15, -0.1) is 5.10 Å². The fourth-order valence-electron chi connectivity index (χ4n) is 1.32. The second-order valence-electron chi connectivity index (χ2n) is 3.31. The predicted molar refractivity (Wildman–Crippen MR) is 55.5 cm³/mol. The third kappa shape index (κ3) is 2.52. The van der Waals surface area contributed by atoms with Crippen LogP contribution in [0.2, 0.25) is 0 Å². The Morgan fingerprint density at radius 3 is 3.00 bits per heavy atom. The van der Waals surface area contributed by atoms with Gasteiger partial charge in [-0.25, -0.2) is 14.1 Å². The molecular formula is C11H7FN4O. The fraction of sp³-hybridized carbons (Fsp3) is 0.0909. The number of carbonyl (C=O) groups excluding carboxylic acids is 1. The van der Waals surface area contributed by atoms with Gasteiger partial charge < -0.3 is 0 Å². The molecule has 0 spiro atoms. The molecule has 0 aliphatic heterocycles. The van der Waals surface area contributed by atoms with Gasteiger partial charge in [-0.3, -0.25) is 4.79 Å². The monoisotopic (exact) mass is 230 g/mol. The van der Waals surface area contributed by atoms with Gasteiger partial charge in [0.2, 0.25) is 0 Å². The Labute approximate surface area is 96.1 Å². The van der Waals surface area contributed by atoms with Gasteiger partial charge in [0.15, 0.2) is 5.78 Å². The summed E-state index contributed by atoms with van der Waals surface area (Å²) in [5.74, 6) is -0.761. The number of ketones is 1. The number of nitriles is 1. The molecule has 0 bridgehead atoms. The zero-order chi connectivity index (χ0) is 12.3. The molecule has 1 aromatic heterocycles. The zero-order valence-electron chi connectivity index (χ0n) is 8.67. The summed E-state index contributed by atoms with van der Waals surface area (Å²) >= 11 is 0. The molecule has 2 rings (SSSR count). The number of Topliss-reactive ketones (excluding diaryl/α,β-unsaturated/α-hetero) is 1. The van der Waals surface area contributed by atoms with Crippen molar-refractivity contribution in [2.75, 3.05) is 0 Å². The lowest BCUT2D eigenvalue weighted by molar-refractivity contribution is 0.0967. The molecule has 5 nitrogen and oxygen atoms in total. The van der Waals surface area contributed by atoms with E-state index in [9.17, 15) is 9.18 Å². The van der Waals surface area contributed by atoms with E-state index < -0.39 is 5.82 Å². The quantitative estimate of drug-likeness (QED) is 0.742. The number of hydrogen-bond acceptors (Lipinski definition) is 4. The maximum absolute atomic E-state index is 12.9. The van der Waals surface area contributed by atoms with Crippen molar-refractivity contribution in [3.63, 3.8) is 0 Å². The van der Waals surface area contributed by atoms with Gasteiger partial charge in [-0.2, -0.15) is 5.26 Å². The number of nitrogens with zero attached hydrogens (tertiary/aromatic N) is 4. The number of carbonyl (C=O) groups is 1. The van der Waals surface area contributed by atoms with E-state index in [0.29, 0.717) is 0 Å². The molecule has 17 heavy (non-hydrogen) atoms. The normalized spacial score (nSPS) is 9.88. The van der Waals surface area contributed by atoms with E-state index in [1.54, 1.807) is 6.07 Å². The first-order valence-electron chi connectivity index (χ1n) is 4.77. The summed E-state index contributed by atoms with van der Waals surface area (Å²) < 4.78 is 14.1. The molecule has 0 saturated carbocycles. The number of halogens is 1. The molecule has 0 aliphatic rings. The predicted octanol–water partition coefficient (Wildman–Crippen LogP) is 1.17. The van der Waals surface area contributed by atoms with Crippen molar-refractivity contribution in [2.45, 2.75) is 6.54 Å². The highest BCUT2D eigenvalue weighted by Crippen LogP contribution is 2.05. The molecule has 0 saturated heterocycles. The van der Waals surface area contributed by atoms with Crippen LogP contribution in [0.1, 0.15) is 16.2 Å². The molecule has 0 unspecified atom stereocenters. The average Bonchev–Trinajstić information content (AvgIpc) is 2.77. The van der Waals surface area contributed by atoms with Crippen LogP contribution in [0.5, 0.6) is 0 Å². The number of aromatic nitrogens is 3. The SMILES string of the molecule is N#Cc1ncn(CC(=O)c2cccc(F)c2)n1. The van der Waals surface area contributed by atoms with Crippen LogP contribution in [0.15, 0.2) is 30.6 Å². The molecule has 0 atom stereocenters. The van der Waals surface area contributed by atoms with Crippen LogP contribution in [0, 0.1) is 17.1 Å². The molecule has 0 aliphatic carbocycles. The second-order valence-corrected chi connectivity index (χ2v) is 3.31. The van der Waals surface area contributed by atoms with Crippen molar-refractivity contribution in [2.24, 2.45) is 0 Å². The van der Waals surface area contributed by atoms with Crippen molar-refractivity contribution < 1.29 is 9.18 Å². The van der Waals surface area contributed by atoms with Gasteiger partial charge in [0, 0.05) is 5.56 Å². The Hall–Kier alpha value is -2.55. The summed E-state index contributed by atoms with van der Waals surface area (Å²) in [5, 5.41) is 12.3. The Kier molecular flexibility index (Phi) is 2.92. The summed E-state index contributed by atoms with van der Waals surface area (Å²) in [5.41, 5.74) is 0.263. The lowest BCUT2D eigenvalue weighted by Crippen LogP contribution is -2.11. The van der Waals surface area contributed by atoms with Gasteiger partial charge in [0.25, 0.3) is 5.82 Å². The number of hydrogen-bond donors (Lipinski definition) is 0. The Morgan fingerprint density at radius 2 is 2.35 bits per heavy atom. The Morgan fingerprint density at radius 1 is 1.53 bits per heavy atom. The minimum Gasteiger partial charge on any atom is -0.292 e. The van der Waals surface area contributed by atoms with Crippen LogP contribution in [0.4, 0.5) is 4.39 Å². The summed E-state index contributed by atoms with van der Waals surface area (Å²) in [7, 11) is 0. The van der Waals surface area contributed by atoms with E-state index >= 15 is 0 Å². The standard InChI is InChI=1S/C11H7FN4O/c12-9-3-1-2-8(4-9)10(17)6-16-7-14-11(5-13)15-16/h1-4,7H,6H2. The van der Waals surface area contributed by atoms with E-state index in [1.165, 1.54) is 29.2 Å². The average molecular weight is 230 g/mol. The smallest absolute Gasteiger partial charge is 0.252 e. The maximum atomic E-state index is 12.9. The van der Waals surface area contributed by atoms with E-state index in [1.807, 2.05) is 0 Å². The minimum absolute atomic E-state index is 0.00274. The first-order chi connectivity index (χ1) is 8.19. The summed E-state index contributed by atoms with van der Waals surface area (Å²) in [6.07, 6.45) is 1.29. The molecule has 0 fully saturated rings. The van der Waals surface area contributed by atoms with Crippen molar-refractivity contribution in [3.8, 4) is 6.07 Å². The summed E-state index contributed by atoms with van der Waals surface area (Å²) in [6.45, 7) is -0.0713. The maximum Gasteiger partial charge on any atom is 0.252 e. The molecule has 0 amide bonds. The van der Waals surface area contributed by atoms with E-state index in [0.717, 1.165) is 6.07 Å². The molecule has 0 N–H and O–H groups in total. The van der Waals surface area contributed by atoms with Gasteiger partial charge >= 0.3 is 0 Å². The van der Waals surface area contributed by atoms with Crippen LogP contribution in [0.3, 0.4) is 0 Å². The van der Waals surface area contributed by atoms with Crippen LogP contribution in [-0.2, 0) is 6.54 Å². The molecule has 6 heteroatoms. The lowest BCUT2D eigenvalue weighted by atomic mass is 10.1. The number of rotatable bonds is 3. The summed E-state index contributed by atoms with van der Waals surface area (Å²) in [4.78, 5) is 15.4. The number of benzene rings is 1. The molecule has 1 heterocycles. The zero-order valence-corrected chi connectivity index (χ0v) is 8.67. The van der Waals surface area contributed by atoms with Crippen LogP contribution in [-0.4, -0.2) is 20.5 Å². The van der Waals surface area contributed by atoms with E-state index in [2.05, 4.69) is 10.1 Å². The third-order valence-corrected chi connectivity index (χ3v) is 2.09. The highest BCUT2D eigenvalue weighted by Gasteiger charge is 2.09. The molecule has 0 radical (unpaired) electrons. The van der Waals surface area contributed by atoms with Gasteiger partial charge in [0.05, 0.1) is 0 Å². The van der Waals surface area contributed by atoms with Crippen LogP contribution in [0.25, 0.3) is 0 Å². The highest BCUT2D eigenvalue weighted by atomic mass is 19.1. The topological polar surface area (TPSA) is 71.6 Å². The first-order valence-corrected chi connectivity index (χ1v) is 4.77. The van der Waals surface area contributed by atoms with Crippen molar-refractivity contribution in [3.05, 3.63) is 47.8 Å². The third-order valence-electron chi connectivity index (χ3n) is 2.09. The van der Waals surface area contributed by atoms with Crippen molar-refractivity contribution in [1.29, 1.82) is 5.26 Å². The Balaban J connectivity index is 2.14. The van der Waals surface area contributed by atoms with E-state index in [-0.39, 0.29) is 23.7 Å². The van der Waals surface area contributed by atoms with Gasteiger partial charge in [0.1, 0.15) is 24.8 Å². The van der Waals surface area contributed by atoms with Crippen molar-refractivity contribution in [1.82, 2.24) is 14.8 Å². The van der Waals surface area contributed by atoms with Crippen molar-refractivity contribution >= 4 is 5.78 Å². The van der Waals surface area contributed by atoms with Crippen LogP contribution < -0.4 is 0 Å². The summed E-state index contributed by atoms with van der Waals surface area (Å²) in [6, 6.07) is 7.16. The van der Waals surface area contributed by atoms with Crippen LogP contribution >= 0.6 is 0 Å². The molecule has 2 aromatic rings. The fourth-order valence-corrected chi connectivity index (χ4v) is 1.32. The van der Waals surface area contributed by atoms with Gasteiger partial charge in [-0.1, -0.05) is 12.1 Å². The first kappa shape index (κ1) is 11.0. The lowest BCUT2D eigenvalue weighted by Gasteiger charge is -2.00. The highest BCUT2D eigenvalue weighted by molar-refractivity contribution is 5.95. The van der Waals surface area contributed by atoms with Gasteiger partial charge in [-0.05, 0) is 12.1 Å². The molecule has 84 valence electrons. The van der Waals surface area contributed by atoms with E-state index in [4.69, 9.17) is 5.26 Å².